The Morgan fingerprint density at radius 1 is 0.373 bits per heavy atom. The molecule has 4 aromatic heterocycles. The molecule has 3 aromatic carbocycles. The first-order valence-corrected chi connectivity index (χ1v) is 22.2. The van der Waals surface area contributed by atoms with Crippen molar-refractivity contribution in [2.75, 3.05) is 0 Å². The summed E-state index contributed by atoms with van der Waals surface area (Å²) in [5, 5.41) is 2.79. The normalized spacial score (nSPS) is 11.7. The number of rotatable bonds is 15. The zero-order valence-electron chi connectivity index (χ0n) is 35.0. The highest BCUT2D eigenvalue weighted by molar-refractivity contribution is 6.07. The van der Waals surface area contributed by atoms with Crippen LogP contribution in [0.25, 0.3) is 68.2 Å². The first-order valence-electron chi connectivity index (χ1n) is 22.2. The largest absolute Gasteiger partial charge is 0.355 e. The van der Waals surface area contributed by atoms with Crippen molar-refractivity contribution in [1.82, 2.24) is 24.5 Å². The fourth-order valence-electron chi connectivity index (χ4n) is 8.04. The zero-order chi connectivity index (χ0) is 40.3. The lowest BCUT2D eigenvalue weighted by Crippen LogP contribution is -1.97. The number of aromatic amines is 2. The molecule has 9 rings (SSSR count). The third-order valence-corrected chi connectivity index (χ3v) is 11.1. The number of hydrogen-bond acceptors (Lipinski definition) is 2. The standard InChI is InChI=1S/C28H41N.C20H14N4.C6H6/c1-2-3-4-5-6-7-8-9-10-11-12-13-14-19-24-29-27-22-17-15-20-25(27)26-21-16-18-23-28(26)29;1-2-14-10-16-5-6-18(23-16)12-20-8-7-19(24-20)11-17-4-3-15(22-17)9-13(1)21-14;1-2-4-6-5-3-1/h15-18,20-23H,2-14,19,24H2,1H3;1-12,21,24H;1-6H. The Balaban J connectivity index is 0.000000158. The van der Waals surface area contributed by atoms with E-state index in [2.05, 4.69) is 104 Å². The minimum Gasteiger partial charge on any atom is -0.355 e. The molecule has 0 radical (unpaired) electrons. The molecule has 0 atom stereocenters. The van der Waals surface area contributed by atoms with Crippen LogP contribution in [0.2, 0.25) is 0 Å². The quantitative estimate of drug-likeness (QED) is 0.102. The van der Waals surface area contributed by atoms with Gasteiger partial charge in [0.1, 0.15) is 0 Å². The second-order valence-electron chi connectivity index (χ2n) is 15.8. The maximum Gasteiger partial charge on any atom is 0.0658 e. The van der Waals surface area contributed by atoms with Gasteiger partial charge in [0.15, 0.2) is 0 Å². The van der Waals surface area contributed by atoms with Gasteiger partial charge < -0.3 is 14.5 Å². The maximum atomic E-state index is 4.63. The lowest BCUT2D eigenvalue weighted by molar-refractivity contribution is 0.528. The van der Waals surface area contributed by atoms with E-state index in [1.54, 1.807) is 0 Å². The van der Waals surface area contributed by atoms with Gasteiger partial charge in [-0.3, -0.25) is 0 Å². The van der Waals surface area contributed by atoms with E-state index in [1.807, 2.05) is 85.0 Å². The van der Waals surface area contributed by atoms with E-state index < -0.39 is 0 Å². The summed E-state index contributed by atoms with van der Waals surface area (Å²) >= 11 is 0. The number of hydrogen-bond donors (Lipinski definition) is 2. The Hall–Kier alpha value is -5.94. The third-order valence-electron chi connectivity index (χ3n) is 11.1. The Bertz CT molecular complexity index is 2310. The fraction of sp³-hybridized carbons (Fsp3) is 0.296. The van der Waals surface area contributed by atoms with Gasteiger partial charge in [-0.05, 0) is 91.4 Å². The molecule has 2 aliphatic heterocycles. The summed E-state index contributed by atoms with van der Waals surface area (Å²) in [6, 6.07) is 46.1. The van der Waals surface area contributed by atoms with Crippen LogP contribution in [0.4, 0.5) is 0 Å². The van der Waals surface area contributed by atoms with E-state index in [0.717, 1.165) is 51.4 Å². The van der Waals surface area contributed by atoms with Gasteiger partial charge in [-0.25, -0.2) is 9.97 Å². The summed E-state index contributed by atoms with van der Waals surface area (Å²) < 4.78 is 2.53. The molecule has 0 spiro atoms. The Kier molecular flexibility index (Phi) is 15.6. The number of nitrogens with one attached hydrogen (secondary N) is 2. The predicted molar refractivity (Wildman–Crippen MR) is 255 cm³/mol. The van der Waals surface area contributed by atoms with Crippen LogP contribution in [0.5, 0.6) is 0 Å². The monoisotopic (exact) mass is 779 g/mol. The van der Waals surface area contributed by atoms with Gasteiger partial charge >= 0.3 is 0 Å². The lowest BCUT2D eigenvalue weighted by atomic mass is 10.0. The number of aryl methyl sites for hydroxylation is 1. The van der Waals surface area contributed by atoms with Crippen molar-refractivity contribution in [3.63, 3.8) is 0 Å². The molecule has 6 heterocycles. The molecule has 2 N–H and O–H groups in total. The number of unbranched alkanes of at least 4 members (excludes halogenated alkanes) is 13. The van der Waals surface area contributed by atoms with Crippen LogP contribution in [-0.4, -0.2) is 24.5 Å². The number of para-hydroxylation sites is 2. The van der Waals surface area contributed by atoms with Crippen LogP contribution in [0.15, 0.2) is 133 Å². The molecular formula is C54H61N5. The van der Waals surface area contributed by atoms with E-state index in [9.17, 15) is 0 Å². The van der Waals surface area contributed by atoms with Crippen molar-refractivity contribution >= 4 is 68.2 Å². The van der Waals surface area contributed by atoms with Crippen molar-refractivity contribution < 1.29 is 0 Å². The average Bonchev–Trinajstić information content (AvgIpc) is 4.13. The van der Waals surface area contributed by atoms with Gasteiger partial charge in [0.2, 0.25) is 0 Å². The van der Waals surface area contributed by atoms with Crippen molar-refractivity contribution in [3.8, 4) is 0 Å². The van der Waals surface area contributed by atoms with Crippen molar-refractivity contribution in [3.05, 3.63) is 156 Å². The second-order valence-corrected chi connectivity index (χ2v) is 15.8. The predicted octanol–water partition coefficient (Wildman–Crippen LogP) is 15.6. The molecule has 0 saturated heterocycles. The number of aromatic nitrogens is 5. The topological polar surface area (TPSA) is 62.3 Å². The first-order chi connectivity index (χ1) is 29.2. The summed E-state index contributed by atoms with van der Waals surface area (Å²) in [7, 11) is 0. The van der Waals surface area contributed by atoms with Gasteiger partial charge in [-0.2, -0.15) is 0 Å². The third kappa shape index (κ3) is 12.5. The van der Waals surface area contributed by atoms with Gasteiger partial charge in [-0.1, -0.05) is 163 Å². The van der Waals surface area contributed by atoms with Crippen LogP contribution in [0, 0.1) is 0 Å². The summed E-state index contributed by atoms with van der Waals surface area (Å²) in [6.45, 7) is 3.44. The van der Waals surface area contributed by atoms with E-state index >= 15 is 0 Å². The summed E-state index contributed by atoms with van der Waals surface area (Å²) in [5.74, 6) is 0. The van der Waals surface area contributed by atoms with Crippen LogP contribution in [0.3, 0.4) is 0 Å². The number of H-pyrrole nitrogens is 2. The van der Waals surface area contributed by atoms with E-state index in [1.165, 1.54) is 112 Å². The van der Waals surface area contributed by atoms with Gasteiger partial charge in [-0.15, -0.1) is 0 Å². The molecule has 0 saturated carbocycles. The van der Waals surface area contributed by atoms with Crippen molar-refractivity contribution in [2.45, 2.75) is 103 Å². The molecule has 7 aromatic rings. The first kappa shape index (κ1) is 41.2. The highest BCUT2D eigenvalue weighted by Gasteiger charge is 2.09. The maximum absolute atomic E-state index is 4.63. The second kappa shape index (κ2) is 22.3. The van der Waals surface area contributed by atoms with Crippen LogP contribution in [0.1, 0.15) is 120 Å². The Morgan fingerprint density at radius 2 is 0.695 bits per heavy atom. The number of fused-ring (bicyclic) bond motifs is 11. The minimum absolute atomic E-state index is 0.939. The van der Waals surface area contributed by atoms with E-state index in [-0.39, 0.29) is 0 Å². The fourth-order valence-corrected chi connectivity index (χ4v) is 8.04. The van der Waals surface area contributed by atoms with Gasteiger partial charge in [0.05, 0.1) is 22.8 Å². The zero-order valence-corrected chi connectivity index (χ0v) is 35.0. The highest BCUT2D eigenvalue weighted by atomic mass is 15.0. The molecule has 0 amide bonds. The van der Waals surface area contributed by atoms with Crippen molar-refractivity contribution in [1.29, 1.82) is 0 Å². The molecule has 302 valence electrons. The van der Waals surface area contributed by atoms with E-state index in [4.69, 9.17) is 0 Å². The summed E-state index contributed by atoms with van der Waals surface area (Å²) in [4.78, 5) is 16.0. The minimum atomic E-state index is 0.939. The molecule has 59 heavy (non-hydrogen) atoms. The Labute approximate surface area is 351 Å². The average molecular weight is 780 g/mol. The number of benzene rings is 3. The van der Waals surface area contributed by atoms with Crippen LogP contribution >= 0.6 is 0 Å². The van der Waals surface area contributed by atoms with Gasteiger partial charge in [0, 0.05) is 50.4 Å². The molecule has 5 heteroatoms. The molecule has 2 aliphatic rings. The van der Waals surface area contributed by atoms with Crippen LogP contribution in [-0.2, 0) is 6.54 Å². The molecule has 5 nitrogen and oxygen atoms in total. The summed E-state index contributed by atoms with van der Waals surface area (Å²) in [5.41, 5.74) is 10.6. The summed E-state index contributed by atoms with van der Waals surface area (Å²) in [6.07, 6.45) is 28.0. The molecular weight excluding hydrogens is 719 g/mol. The van der Waals surface area contributed by atoms with E-state index in [0.29, 0.717) is 0 Å². The lowest BCUT2D eigenvalue weighted by Gasteiger charge is -2.07. The number of nitrogens with zero attached hydrogens (tertiary/aromatic N) is 3. The Morgan fingerprint density at radius 3 is 1.05 bits per heavy atom. The molecule has 0 unspecified atom stereocenters. The molecule has 0 fully saturated rings. The highest BCUT2D eigenvalue weighted by Crippen LogP contribution is 2.29. The smallest absolute Gasteiger partial charge is 0.0658 e. The SMILES string of the molecule is C1=Cc2cc3ccc(cc4nc(cc5ccc(cc1n2)[nH]5)C=C4)[nH]3.CCCCCCCCCCCCCCCCn1c2ccccc2c2ccccc21.c1ccccc1. The van der Waals surface area contributed by atoms with Crippen LogP contribution < -0.4 is 0 Å². The molecule has 0 aliphatic carbocycles. The van der Waals surface area contributed by atoms with Gasteiger partial charge in [0.25, 0.3) is 0 Å². The van der Waals surface area contributed by atoms with Crippen molar-refractivity contribution in [2.24, 2.45) is 0 Å². The molecule has 8 bridgehead atoms.